The Labute approximate surface area is 177 Å². The molecule has 1 saturated heterocycles. The third kappa shape index (κ3) is 5.64. The fourth-order valence-corrected chi connectivity index (χ4v) is 3.38. The van der Waals surface area contributed by atoms with Crippen LogP contribution in [0.15, 0.2) is 17.1 Å². The van der Waals surface area contributed by atoms with E-state index in [-0.39, 0.29) is 12.2 Å². The molecular formula is C18H27N5O8. The Bertz CT molecular complexity index is 875. The van der Waals surface area contributed by atoms with Crippen molar-refractivity contribution in [2.75, 3.05) is 12.3 Å². The lowest BCUT2D eigenvalue weighted by Gasteiger charge is -2.42. The predicted molar refractivity (Wildman–Crippen MR) is 105 cm³/mol. The summed E-state index contributed by atoms with van der Waals surface area (Å²) < 4.78 is 6.31. The van der Waals surface area contributed by atoms with Gasteiger partial charge in [-0.25, -0.2) is 4.79 Å². The SMILES string of the molecule is CCCC(=O)N[C@@H](CO)C(=O)C[C@H]1[C@H](O)[C@@H](O)C(n2ccc(N)nc2=O)O[C@@H]1C(N)=O. The number of hydrogen-bond acceptors (Lipinski definition) is 10. The molecule has 1 aliphatic heterocycles. The van der Waals surface area contributed by atoms with Crippen LogP contribution in [0, 0.1) is 5.92 Å². The molecule has 1 aromatic rings. The number of anilines is 1. The highest BCUT2D eigenvalue weighted by Crippen LogP contribution is 2.33. The van der Waals surface area contributed by atoms with Crippen molar-refractivity contribution >= 4 is 23.4 Å². The molecule has 0 bridgehead atoms. The van der Waals surface area contributed by atoms with E-state index in [1.165, 1.54) is 12.3 Å². The van der Waals surface area contributed by atoms with Crippen molar-refractivity contribution < 1.29 is 34.4 Å². The van der Waals surface area contributed by atoms with Gasteiger partial charge in [-0.15, -0.1) is 0 Å². The summed E-state index contributed by atoms with van der Waals surface area (Å²) in [6.45, 7) is 1.07. The Morgan fingerprint density at radius 3 is 2.55 bits per heavy atom. The number of amides is 2. The highest BCUT2D eigenvalue weighted by molar-refractivity contribution is 5.90. The quantitative estimate of drug-likeness (QED) is 0.225. The van der Waals surface area contributed by atoms with Crippen LogP contribution < -0.4 is 22.5 Å². The first-order valence-electron chi connectivity index (χ1n) is 9.69. The molecule has 1 aliphatic rings. The Morgan fingerprint density at radius 1 is 1.32 bits per heavy atom. The molecular weight excluding hydrogens is 414 g/mol. The molecule has 0 saturated carbocycles. The van der Waals surface area contributed by atoms with E-state index in [0.717, 1.165) is 4.57 Å². The minimum absolute atomic E-state index is 0.0813. The minimum Gasteiger partial charge on any atom is -0.394 e. The van der Waals surface area contributed by atoms with Crippen molar-refractivity contribution in [1.29, 1.82) is 0 Å². The summed E-state index contributed by atoms with van der Waals surface area (Å²) in [6, 6.07) is -0.0117. The van der Waals surface area contributed by atoms with Crippen LogP contribution in [0.5, 0.6) is 0 Å². The van der Waals surface area contributed by atoms with Gasteiger partial charge in [-0.2, -0.15) is 4.98 Å². The summed E-state index contributed by atoms with van der Waals surface area (Å²) in [6.07, 6.45) is -5.18. The largest absolute Gasteiger partial charge is 0.394 e. The zero-order valence-electron chi connectivity index (χ0n) is 16.9. The number of ketones is 1. The predicted octanol–water partition coefficient (Wildman–Crippen LogP) is -3.22. The Morgan fingerprint density at radius 2 is 2.00 bits per heavy atom. The summed E-state index contributed by atoms with van der Waals surface area (Å²) in [5.41, 5.74) is 9.89. The number of aromatic nitrogens is 2. The lowest BCUT2D eigenvalue weighted by molar-refractivity contribution is -0.225. The minimum atomic E-state index is -1.72. The van der Waals surface area contributed by atoms with Crippen molar-refractivity contribution in [3.8, 4) is 0 Å². The van der Waals surface area contributed by atoms with Gasteiger partial charge in [0.05, 0.1) is 12.7 Å². The van der Waals surface area contributed by atoms with E-state index in [2.05, 4.69) is 10.3 Å². The smallest absolute Gasteiger partial charge is 0.351 e. The molecule has 0 aliphatic carbocycles. The molecule has 2 rings (SSSR count). The normalized spacial score (nSPS) is 26.8. The Hall–Kier alpha value is -2.87. The molecule has 1 fully saturated rings. The van der Waals surface area contributed by atoms with E-state index < -0.39 is 72.8 Å². The van der Waals surface area contributed by atoms with Crippen LogP contribution in [-0.4, -0.2) is 73.4 Å². The number of carbonyl (C=O) groups excluding carboxylic acids is 3. The van der Waals surface area contributed by atoms with Gasteiger partial charge < -0.3 is 36.8 Å². The molecule has 2 heterocycles. The van der Waals surface area contributed by atoms with Gasteiger partial charge in [0.25, 0.3) is 0 Å². The van der Waals surface area contributed by atoms with Gasteiger partial charge in [-0.1, -0.05) is 6.92 Å². The number of rotatable bonds is 9. The summed E-state index contributed by atoms with van der Waals surface area (Å²) in [5.74, 6) is -3.55. The van der Waals surface area contributed by atoms with Crippen molar-refractivity contribution in [3.63, 3.8) is 0 Å². The first kappa shape index (κ1) is 24.4. The van der Waals surface area contributed by atoms with Crippen LogP contribution in [0.3, 0.4) is 0 Å². The number of ether oxygens (including phenoxy) is 1. The topological polar surface area (TPSA) is 220 Å². The number of nitrogens with two attached hydrogens (primary N) is 2. The fourth-order valence-electron chi connectivity index (χ4n) is 3.38. The molecule has 6 atom stereocenters. The van der Waals surface area contributed by atoms with Gasteiger partial charge in [-0.05, 0) is 12.5 Å². The van der Waals surface area contributed by atoms with Crippen LogP contribution in [0.2, 0.25) is 0 Å². The average molecular weight is 441 g/mol. The maximum Gasteiger partial charge on any atom is 0.351 e. The lowest BCUT2D eigenvalue weighted by atomic mass is 9.83. The highest BCUT2D eigenvalue weighted by atomic mass is 16.5. The zero-order chi connectivity index (χ0) is 23.3. The van der Waals surface area contributed by atoms with E-state index in [1.807, 2.05) is 0 Å². The van der Waals surface area contributed by atoms with Crippen molar-refractivity contribution in [1.82, 2.24) is 14.9 Å². The molecule has 0 spiro atoms. The van der Waals surface area contributed by atoms with Gasteiger partial charge in [0.1, 0.15) is 24.1 Å². The van der Waals surface area contributed by atoms with Crippen molar-refractivity contribution in [2.24, 2.45) is 11.7 Å². The molecule has 0 radical (unpaired) electrons. The maximum atomic E-state index is 12.6. The van der Waals surface area contributed by atoms with E-state index >= 15 is 0 Å². The number of carbonyl (C=O) groups is 3. The lowest BCUT2D eigenvalue weighted by Crippen LogP contribution is -2.58. The number of aliphatic hydroxyl groups excluding tert-OH is 3. The zero-order valence-corrected chi connectivity index (χ0v) is 16.9. The average Bonchev–Trinajstić information content (AvgIpc) is 2.70. The highest BCUT2D eigenvalue weighted by Gasteiger charge is 2.48. The van der Waals surface area contributed by atoms with Gasteiger partial charge in [-0.3, -0.25) is 19.0 Å². The number of hydrogen-bond donors (Lipinski definition) is 6. The number of aliphatic hydroxyl groups is 3. The van der Waals surface area contributed by atoms with Crippen molar-refractivity contribution in [2.45, 2.75) is 56.8 Å². The van der Waals surface area contributed by atoms with Crippen LogP contribution in [0.1, 0.15) is 32.4 Å². The maximum absolute atomic E-state index is 12.6. The molecule has 172 valence electrons. The van der Waals surface area contributed by atoms with Gasteiger partial charge in [0.2, 0.25) is 11.8 Å². The molecule has 1 unspecified atom stereocenters. The van der Waals surface area contributed by atoms with E-state index in [0.29, 0.717) is 6.42 Å². The molecule has 1 aromatic heterocycles. The summed E-state index contributed by atoms with van der Waals surface area (Å²) >= 11 is 0. The van der Waals surface area contributed by atoms with Gasteiger partial charge >= 0.3 is 5.69 Å². The van der Waals surface area contributed by atoms with Crippen LogP contribution in [0.25, 0.3) is 0 Å². The number of nitrogens with one attached hydrogen (secondary N) is 1. The summed E-state index contributed by atoms with van der Waals surface area (Å²) in [5, 5.41) is 32.9. The number of primary amides is 1. The molecule has 13 heteroatoms. The number of nitrogen functional groups attached to an aromatic ring is 1. The van der Waals surface area contributed by atoms with E-state index in [9.17, 15) is 34.5 Å². The van der Waals surface area contributed by atoms with Gasteiger partial charge in [0.15, 0.2) is 12.0 Å². The van der Waals surface area contributed by atoms with E-state index in [1.54, 1.807) is 6.92 Å². The third-order valence-corrected chi connectivity index (χ3v) is 4.98. The van der Waals surface area contributed by atoms with Crippen LogP contribution >= 0.6 is 0 Å². The Balaban J connectivity index is 2.24. The van der Waals surface area contributed by atoms with Crippen molar-refractivity contribution in [3.05, 3.63) is 22.7 Å². The monoisotopic (exact) mass is 441 g/mol. The van der Waals surface area contributed by atoms with Gasteiger partial charge in [0, 0.05) is 25.0 Å². The molecule has 2 amide bonds. The number of Topliss-reactive ketones (excluding diaryl/α,β-unsaturated/α-hetero) is 1. The summed E-state index contributed by atoms with van der Waals surface area (Å²) in [7, 11) is 0. The third-order valence-electron chi connectivity index (χ3n) is 4.98. The second kappa shape index (κ2) is 10.4. The van der Waals surface area contributed by atoms with Crippen LogP contribution in [-0.2, 0) is 19.1 Å². The second-order valence-corrected chi connectivity index (χ2v) is 7.26. The summed E-state index contributed by atoms with van der Waals surface area (Å²) in [4.78, 5) is 51.9. The standard InChI is InChI=1S/C18H27N5O8/c1-2-3-12(26)21-9(7-24)10(25)6-8-13(27)14(28)17(31-15(8)16(20)29)23-5-4-11(19)22-18(23)30/h4-5,8-9,13-15,17,24,27-28H,2-3,6-7H2,1H3,(H2,20,29)(H,21,26)(H2,19,22,30)/t8-,9-,13-,14+,15-,17?/m0/s1. The molecule has 8 N–H and O–H groups in total. The first-order valence-corrected chi connectivity index (χ1v) is 9.69. The molecule has 13 nitrogen and oxygen atoms in total. The fraction of sp³-hybridized carbons (Fsp3) is 0.611. The second-order valence-electron chi connectivity index (χ2n) is 7.26. The number of nitrogens with zero attached hydrogens (tertiary/aromatic N) is 2. The van der Waals surface area contributed by atoms with E-state index in [4.69, 9.17) is 16.2 Å². The van der Waals surface area contributed by atoms with Crippen LogP contribution in [0.4, 0.5) is 5.82 Å². The molecule has 31 heavy (non-hydrogen) atoms. The molecule has 0 aromatic carbocycles. The first-order chi connectivity index (χ1) is 14.6. The Kier molecular flexibility index (Phi) is 8.21.